The van der Waals surface area contributed by atoms with E-state index in [1.807, 2.05) is 6.08 Å². The van der Waals surface area contributed by atoms with E-state index in [1.165, 1.54) is 49.0 Å². The number of hydrogen-bond donors (Lipinski definition) is 0. The minimum atomic E-state index is 1.09. The Balaban J connectivity index is 2.15. The Morgan fingerprint density at radius 3 is 2.69 bits per heavy atom. The summed E-state index contributed by atoms with van der Waals surface area (Å²) in [5.74, 6) is 0. The van der Waals surface area contributed by atoms with Crippen molar-refractivity contribution in [3.05, 3.63) is 41.5 Å². The molecule has 0 atom stereocenters. The molecule has 1 aliphatic rings. The first-order chi connectivity index (χ1) is 7.81. The topological polar surface area (TPSA) is 3.24 Å². The van der Waals surface area contributed by atoms with Gasteiger partial charge in [-0.2, -0.15) is 0 Å². The van der Waals surface area contributed by atoms with Crippen molar-refractivity contribution in [2.75, 3.05) is 13.1 Å². The highest BCUT2D eigenvalue weighted by Crippen LogP contribution is 2.20. The van der Waals surface area contributed by atoms with Gasteiger partial charge in [0.05, 0.1) is 0 Å². The van der Waals surface area contributed by atoms with Gasteiger partial charge in [-0.25, -0.2) is 0 Å². The van der Waals surface area contributed by atoms with Crippen LogP contribution in [0.5, 0.6) is 0 Å². The molecule has 1 heteroatoms. The van der Waals surface area contributed by atoms with Gasteiger partial charge >= 0.3 is 0 Å². The summed E-state index contributed by atoms with van der Waals surface area (Å²) in [6, 6.07) is 6.48. The number of likely N-dealkylation sites (tertiary alicyclic amines) is 1. The Bertz CT molecular complexity index is 362. The van der Waals surface area contributed by atoms with E-state index in [0.29, 0.717) is 0 Å². The Hall–Kier alpha value is -1.08. The van der Waals surface area contributed by atoms with Crippen molar-refractivity contribution in [1.29, 1.82) is 0 Å². The summed E-state index contributed by atoms with van der Waals surface area (Å²) in [6.07, 6.45) is 6.09. The molecule has 86 valence electrons. The minimum absolute atomic E-state index is 1.09. The van der Waals surface area contributed by atoms with E-state index >= 15 is 0 Å². The Labute approximate surface area is 98.8 Å². The van der Waals surface area contributed by atoms with Crippen molar-refractivity contribution in [3.63, 3.8) is 0 Å². The van der Waals surface area contributed by atoms with Gasteiger partial charge in [0.1, 0.15) is 0 Å². The molecule has 1 fully saturated rings. The molecule has 0 saturated carbocycles. The highest BCUT2D eigenvalue weighted by Gasteiger charge is 2.12. The molecular formula is C15H21N. The fourth-order valence-corrected chi connectivity index (χ4v) is 2.47. The second-order valence-electron chi connectivity index (χ2n) is 4.68. The van der Waals surface area contributed by atoms with E-state index in [9.17, 15) is 0 Å². The molecule has 2 rings (SSSR count). The van der Waals surface area contributed by atoms with Crippen LogP contribution in [-0.2, 0) is 6.54 Å². The zero-order valence-electron chi connectivity index (χ0n) is 10.2. The molecule has 0 bridgehead atoms. The minimum Gasteiger partial charge on any atom is -0.299 e. The van der Waals surface area contributed by atoms with Crippen LogP contribution in [0.15, 0.2) is 24.8 Å². The van der Waals surface area contributed by atoms with Crippen LogP contribution in [0.4, 0.5) is 0 Å². The number of aryl methyl sites for hydroxylation is 1. The van der Waals surface area contributed by atoms with Crippen molar-refractivity contribution in [3.8, 4) is 0 Å². The molecule has 0 aliphatic carbocycles. The molecule has 0 spiro atoms. The van der Waals surface area contributed by atoms with Crippen LogP contribution in [0.25, 0.3) is 6.08 Å². The number of nitrogens with zero attached hydrogens (tertiary/aromatic N) is 1. The molecule has 0 amide bonds. The van der Waals surface area contributed by atoms with E-state index < -0.39 is 0 Å². The molecule has 1 saturated heterocycles. The van der Waals surface area contributed by atoms with Crippen molar-refractivity contribution < 1.29 is 0 Å². The zero-order valence-corrected chi connectivity index (χ0v) is 10.2. The van der Waals surface area contributed by atoms with Gasteiger partial charge < -0.3 is 0 Å². The van der Waals surface area contributed by atoms with Crippen molar-refractivity contribution >= 4 is 6.08 Å². The third-order valence-electron chi connectivity index (χ3n) is 3.50. The van der Waals surface area contributed by atoms with Crippen LogP contribution < -0.4 is 0 Å². The summed E-state index contributed by atoms with van der Waals surface area (Å²) >= 11 is 0. The second kappa shape index (κ2) is 5.31. The first kappa shape index (κ1) is 11.4. The maximum absolute atomic E-state index is 3.91. The SMILES string of the molecule is C=Cc1cccc(C)c1CN1CCCCC1. The smallest absolute Gasteiger partial charge is 0.0242 e. The summed E-state index contributed by atoms with van der Waals surface area (Å²) in [4.78, 5) is 2.57. The number of piperidine rings is 1. The maximum Gasteiger partial charge on any atom is 0.0242 e. The van der Waals surface area contributed by atoms with Crippen LogP contribution in [0.1, 0.15) is 36.0 Å². The van der Waals surface area contributed by atoms with E-state index in [-0.39, 0.29) is 0 Å². The van der Waals surface area contributed by atoms with Crippen LogP contribution in [0.3, 0.4) is 0 Å². The average Bonchev–Trinajstić information content (AvgIpc) is 2.33. The van der Waals surface area contributed by atoms with Crippen LogP contribution in [-0.4, -0.2) is 18.0 Å². The van der Waals surface area contributed by atoms with Crippen LogP contribution in [0.2, 0.25) is 0 Å². The molecule has 0 N–H and O–H groups in total. The summed E-state index contributed by atoms with van der Waals surface area (Å²) in [5.41, 5.74) is 4.15. The summed E-state index contributed by atoms with van der Waals surface area (Å²) in [6.45, 7) is 9.71. The average molecular weight is 215 g/mol. The van der Waals surface area contributed by atoms with E-state index in [2.05, 4.69) is 36.6 Å². The lowest BCUT2D eigenvalue weighted by atomic mass is 10.0. The number of hydrogen-bond acceptors (Lipinski definition) is 1. The van der Waals surface area contributed by atoms with Crippen molar-refractivity contribution in [1.82, 2.24) is 4.90 Å². The molecule has 1 nitrogen and oxygen atoms in total. The summed E-state index contributed by atoms with van der Waals surface area (Å²) < 4.78 is 0. The first-order valence-electron chi connectivity index (χ1n) is 6.24. The lowest BCUT2D eigenvalue weighted by Gasteiger charge is -2.27. The third kappa shape index (κ3) is 2.53. The molecule has 0 unspecified atom stereocenters. The standard InChI is InChI=1S/C15H21N/c1-3-14-9-7-8-13(2)15(14)12-16-10-5-4-6-11-16/h3,7-9H,1,4-6,10-12H2,2H3. The molecule has 1 aromatic carbocycles. The third-order valence-corrected chi connectivity index (χ3v) is 3.50. The second-order valence-corrected chi connectivity index (χ2v) is 4.68. The van der Waals surface area contributed by atoms with Gasteiger partial charge in [0.2, 0.25) is 0 Å². The van der Waals surface area contributed by atoms with Gasteiger partial charge in [0, 0.05) is 6.54 Å². The Morgan fingerprint density at radius 2 is 2.00 bits per heavy atom. The fraction of sp³-hybridized carbons (Fsp3) is 0.467. The van der Waals surface area contributed by atoms with E-state index in [1.54, 1.807) is 0 Å². The van der Waals surface area contributed by atoms with Gasteiger partial charge in [-0.1, -0.05) is 37.3 Å². The number of benzene rings is 1. The summed E-state index contributed by atoms with van der Waals surface area (Å²) in [7, 11) is 0. The monoisotopic (exact) mass is 215 g/mol. The fourth-order valence-electron chi connectivity index (χ4n) is 2.47. The molecule has 1 aromatic rings. The van der Waals surface area contributed by atoms with E-state index in [0.717, 1.165) is 6.54 Å². The molecule has 1 heterocycles. The van der Waals surface area contributed by atoms with E-state index in [4.69, 9.17) is 0 Å². The number of rotatable bonds is 3. The van der Waals surface area contributed by atoms with Gasteiger partial charge in [-0.15, -0.1) is 0 Å². The Kier molecular flexibility index (Phi) is 3.79. The van der Waals surface area contributed by atoms with Crippen molar-refractivity contribution in [2.45, 2.75) is 32.7 Å². The maximum atomic E-state index is 3.91. The summed E-state index contributed by atoms with van der Waals surface area (Å²) in [5, 5.41) is 0. The molecule has 1 aliphatic heterocycles. The predicted molar refractivity (Wildman–Crippen MR) is 70.4 cm³/mol. The molecule has 0 radical (unpaired) electrons. The Morgan fingerprint density at radius 1 is 1.25 bits per heavy atom. The van der Waals surface area contributed by atoms with Crippen LogP contribution >= 0.6 is 0 Å². The van der Waals surface area contributed by atoms with Crippen LogP contribution in [0, 0.1) is 6.92 Å². The largest absolute Gasteiger partial charge is 0.299 e. The predicted octanol–water partition coefficient (Wildman–Crippen LogP) is 3.62. The highest BCUT2D eigenvalue weighted by molar-refractivity contribution is 5.54. The highest BCUT2D eigenvalue weighted by atomic mass is 15.1. The normalized spacial score (nSPS) is 17.3. The van der Waals surface area contributed by atoms with Gasteiger partial charge in [-0.05, 0) is 49.5 Å². The van der Waals surface area contributed by atoms with Crippen molar-refractivity contribution in [2.24, 2.45) is 0 Å². The molecular weight excluding hydrogens is 194 g/mol. The first-order valence-corrected chi connectivity index (χ1v) is 6.24. The zero-order chi connectivity index (χ0) is 11.4. The van der Waals surface area contributed by atoms with Gasteiger partial charge in [0.15, 0.2) is 0 Å². The lowest BCUT2D eigenvalue weighted by Crippen LogP contribution is -2.29. The van der Waals surface area contributed by atoms with Gasteiger partial charge in [-0.3, -0.25) is 4.90 Å². The molecule has 16 heavy (non-hydrogen) atoms. The molecule has 0 aromatic heterocycles. The lowest BCUT2D eigenvalue weighted by molar-refractivity contribution is 0.220. The quantitative estimate of drug-likeness (QED) is 0.744. The van der Waals surface area contributed by atoms with Gasteiger partial charge in [0.25, 0.3) is 0 Å².